The van der Waals surface area contributed by atoms with E-state index in [1.165, 1.54) is 48.2 Å². The van der Waals surface area contributed by atoms with Crippen LogP contribution in [-0.2, 0) is 0 Å². The van der Waals surface area contributed by atoms with Gasteiger partial charge in [0.2, 0.25) is 0 Å². The summed E-state index contributed by atoms with van der Waals surface area (Å²) in [5.41, 5.74) is 0. The minimum atomic E-state index is 1.08. The van der Waals surface area contributed by atoms with E-state index in [2.05, 4.69) is 13.8 Å². The Morgan fingerprint density at radius 2 is 2.00 bits per heavy atom. The molecule has 0 aromatic carbocycles. The summed E-state index contributed by atoms with van der Waals surface area (Å²) in [5.74, 6) is 0. The Bertz CT molecular complexity index is 43.7. The van der Waals surface area contributed by atoms with Crippen molar-refractivity contribution in [1.29, 1.82) is 0 Å². The molecule has 0 aliphatic heterocycles. The van der Waals surface area contributed by atoms with Crippen LogP contribution in [0.15, 0.2) is 0 Å². The molecule has 0 saturated carbocycles. The van der Waals surface area contributed by atoms with E-state index in [0.29, 0.717) is 0 Å². The Kier molecular flexibility index (Phi) is 6.52. The molecule has 0 spiro atoms. The third-order valence-electron chi connectivity index (χ3n) is 1.45. The van der Waals surface area contributed by atoms with E-state index in [1.807, 2.05) is 0 Å². The molecule has 1 atom stereocenters. The van der Waals surface area contributed by atoms with Gasteiger partial charge in [-0.05, 0) is 0 Å². The summed E-state index contributed by atoms with van der Waals surface area (Å²) in [6, 6.07) is 0. The Balaban J connectivity index is 2.86. The van der Waals surface area contributed by atoms with E-state index in [1.54, 1.807) is 0 Å². The van der Waals surface area contributed by atoms with Crippen molar-refractivity contribution >= 4 is 22.5 Å². The first-order valence-corrected chi connectivity index (χ1v) is 5.47. The van der Waals surface area contributed by atoms with Crippen LogP contribution in [0.25, 0.3) is 0 Å². The zero-order chi connectivity index (χ0) is 6.41. The fraction of sp³-hybridized carbons (Fsp3) is 1.00. The minimum absolute atomic E-state index is 1.08. The Labute approximate surface area is 66.1 Å². The van der Waals surface area contributed by atoms with Gasteiger partial charge in [0, 0.05) is 0 Å². The second kappa shape index (κ2) is 5.93. The maximum atomic E-state index is 2.30. The number of hydrogen-bond donors (Lipinski definition) is 0. The van der Waals surface area contributed by atoms with Gasteiger partial charge in [-0.2, -0.15) is 0 Å². The van der Waals surface area contributed by atoms with Crippen LogP contribution in [-0.4, -0.2) is 22.5 Å². The van der Waals surface area contributed by atoms with Crippen LogP contribution in [0.2, 0.25) is 3.93 Å². The van der Waals surface area contributed by atoms with Crippen molar-refractivity contribution in [3.05, 3.63) is 0 Å². The second-order valence-electron chi connectivity index (χ2n) is 2.31. The van der Waals surface area contributed by atoms with Gasteiger partial charge in [0.15, 0.2) is 0 Å². The van der Waals surface area contributed by atoms with Gasteiger partial charge < -0.3 is 0 Å². The number of hydrogen-bond acceptors (Lipinski definition) is 0. The molecule has 2 radical (unpaired) electrons. The predicted molar refractivity (Wildman–Crippen MR) is 40.7 cm³/mol. The van der Waals surface area contributed by atoms with Crippen molar-refractivity contribution in [3.63, 3.8) is 0 Å². The van der Waals surface area contributed by atoms with E-state index in [-0.39, 0.29) is 0 Å². The van der Waals surface area contributed by atoms with E-state index in [4.69, 9.17) is 0 Å². The SMILES string of the molecule is CCCC[CH]([SnH])CC. The molecule has 0 aliphatic carbocycles. The molecular formula is C7H16Sn. The zero-order valence-corrected chi connectivity index (χ0v) is 9.28. The fourth-order valence-corrected chi connectivity index (χ4v) is 1.34. The van der Waals surface area contributed by atoms with Gasteiger partial charge in [-0.15, -0.1) is 0 Å². The first-order valence-electron chi connectivity index (χ1n) is 3.56. The van der Waals surface area contributed by atoms with Gasteiger partial charge in [0.1, 0.15) is 0 Å². The normalized spacial score (nSPS) is 13.9. The summed E-state index contributed by atoms with van der Waals surface area (Å²) < 4.78 is 1.08. The first-order chi connectivity index (χ1) is 3.81. The maximum absolute atomic E-state index is 2.30. The molecule has 0 aromatic heterocycles. The number of unbranched alkanes of at least 4 members (excludes halogenated alkanes) is 1. The summed E-state index contributed by atoms with van der Waals surface area (Å²) in [6.45, 7) is 4.56. The van der Waals surface area contributed by atoms with Crippen LogP contribution in [0, 0.1) is 0 Å². The molecule has 0 fully saturated rings. The van der Waals surface area contributed by atoms with Crippen molar-refractivity contribution in [2.75, 3.05) is 0 Å². The first kappa shape index (κ1) is 8.80. The summed E-state index contributed by atoms with van der Waals surface area (Å²) >= 11 is 1.46. The van der Waals surface area contributed by atoms with Gasteiger partial charge >= 0.3 is 66.0 Å². The van der Waals surface area contributed by atoms with Crippen molar-refractivity contribution in [2.45, 2.75) is 43.5 Å². The van der Waals surface area contributed by atoms with Crippen LogP contribution >= 0.6 is 0 Å². The quantitative estimate of drug-likeness (QED) is 0.636. The summed E-state index contributed by atoms with van der Waals surface area (Å²) in [6.07, 6.45) is 5.70. The second-order valence-corrected chi connectivity index (χ2v) is 5.00. The molecule has 8 heavy (non-hydrogen) atoms. The molecule has 0 bridgehead atoms. The Morgan fingerprint density at radius 1 is 1.38 bits per heavy atom. The van der Waals surface area contributed by atoms with E-state index < -0.39 is 0 Å². The van der Waals surface area contributed by atoms with Crippen LogP contribution in [0.5, 0.6) is 0 Å². The molecular weight excluding hydrogens is 203 g/mol. The molecule has 0 rings (SSSR count). The third-order valence-corrected chi connectivity index (χ3v) is 3.75. The standard InChI is InChI=1S/C7H15.Sn.H/c1-3-5-7-6-4-2;;/h5H,3-4,6-7H2,1-2H3;;. The molecule has 0 saturated heterocycles. The summed E-state index contributed by atoms with van der Waals surface area (Å²) in [5, 5.41) is 0. The third kappa shape index (κ3) is 4.95. The van der Waals surface area contributed by atoms with E-state index in [9.17, 15) is 0 Å². The molecule has 0 aromatic rings. The van der Waals surface area contributed by atoms with E-state index >= 15 is 0 Å². The van der Waals surface area contributed by atoms with E-state index in [0.717, 1.165) is 3.93 Å². The predicted octanol–water partition coefficient (Wildman–Crippen LogP) is 2.28. The van der Waals surface area contributed by atoms with Gasteiger partial charge in [-0.1, -0.05) is 0 Å². The molecule has 0 N–H and O–H groups in total. The van der Waals surface area contributed by atoms with Crippen LogP contribution < -0.4 is 0 Å². The van der Waals surface area contributed by atoms with Crippen molar-refractivity contribution < 1.29 is 0 Å². The average molecular weight is 219 g/mol. The van der Waals surface area contributed by atoms with Gasteiger partial charge in [-0.3, -0.25) is 0 Å². The average Bonchev–Trinajstić information content (AvgIpc) is 1.83. The molecule has 0 aliphatic rings. The summed E-state index contributed by atoms with van der Waals surface area (Å²) in [7, 11) is 0. The summed E-state index contributed by atoms with van der Waals surface area (Å²) in [4.78, 5) is 0. The van der Waals surface area contributed by atoms with Gasteiger partial charge in [-0.25, -0.2) is 0 Å². The van der Waals surface area contributed by atoms with Gasteiger partial charge in [0.25, 0.3) is 0 Å². The molecule has 1 unspecified atom stereocenters. The monoisotopic (exact) mass is 220 g/mol. The fourth-order valence-electron chi connectivity index (χ4n) is 0.670. The molecule has 1 heteroatoms. The Hall–Kier alpha value is 0.799. The van der Waals surface area contributed by atoms with Crippen molar-refractivity contribution in [3.8, 4) is 0 Å². The van der Waals surface area contributed by atoms with Gasteiger partial charge in [0.05, 0.1) is 0 Å². The number of rotatable bonds is 4. The van der Waals surface area contributed by atoms with Crippen LogP contribution in [0.4, 0.5) is 0 Å². The molecule has 0 heterocycles. The van der Waals surface area contributed by atoms with Crippen LogP contribution in [0.1, 0.15) is 39.5 Å². The van der Waals surface area contributed by atoms with Crippen molar-refractivity contribution in [1.82, 2.24) is 0 Å². The van der Waals surface area contributed by atoms with Crippen molar-refractivity contribution in [2.24, 2.45) is 0 Å². The molecule has 0 amide bonds. The topological polar surface area (TPSA) is 0 Å². The Morgan fingerprint density at radius 3 is 2.38 bits per heavy atom. The van der Waals surface area contributed by atoms with Crippen LogP contribution in [0.3, 0.4) is 0 Å². The molecule has 0 nitrogen and oxygen atoms in total. The zero-order valence-electron chi connectivity index (χ0n) is 5.98. The molecule has 48 valence electrons.